The zero-order valence-corrected chi connectivity index (χ0v) is 11.9. The summed E-state index contributed by atoms with van der Waals surface area (Å²) < 4.78 is 1.80. The van der Waals surface area contributed by atoms with E-state index in [-0.39, 0.29) is 5.91 Å². The molecule has 4 heteroatoms. The Bertz CT molecular complexity index is 534. The highest BCUT2D eigenvalue weighted by molar-refractivity contribution is 5.75. The predicted octanol–water partition coefficient (Wildman–Crippen LogP) is 2.33. The number of nitrogens with one attached hydrogen (secondary N) is 1. The van der Waals surface area contributed by atoms with Crippen LogP contribution in [0.4, 0.5) is 0 Å². The molecule has 0 bridgehead atoms. The van der Waals surface area contributed by atoms with E-state index < -0.39 is 0 Å². The SMILES string of the molecule is Cc1ccn(CCC(=O)NCCCc2ccccc2)n1. The smallest absolute Gasteiger partial charge is 0.221 e. The second-order valence-corrected chi connectivity index (χ2v) is 4.91. The molecule has 2 rings (SSSR count). The standard InChI is InChI=1S/C16H21N3O/c1-14-9-12-19(18-14)13-10-16(20)17-11-5-8-15-6-3-2-4-7-15/h2-4,6-7,9,12H,5,8,10-11,13H2,1H3,(H,17,20). The zero-order valence-electron chi connectivity index (χ0n) is 11.9. The zero-order chi connectivity index (χ0) is 14.2. The minimum absolute atomic E-state index is 0.0891. The Kier molecular flexibility index (Phi) is 5.35. The molecular formula is C16H21N3O. The maximum atomic E-state index is 11.7. The Morgan fingerprint density at radius 1 is 1.25 bits per heavy atom. The monoisotopic (exact) mass is 271 g/mol. The average Bonchev–Trinajstić information content (AvgIpc) is 2.88. The van der Waals surface area contributed by atoms with Crippen LogP contribution < -0.4 is 5.32 Å². The molecule has 0 aliphatic heterocycles. The van der Waals surface area contributed by atoms with E-state index in [2.05, 4.69) is 22.5 Å². The van der Waals surface area contributed by atoms with E-state index in [4.69, 9.17) is 0 Å². The highest BCUT2D eigenvalue weighted by Gasteiger charge is 2.02. The second-order valence-electron chi connectivity index (χ2n) is 4.91. The molecule has 0 fully saturated rings. The lowest BCUT2D eigenvalue weighted by Gasteiger charge is -2.05. The molecule has 0 radical (unpaired) electrons. The molecule has 0 aliphatic carbocycles. The van der Waals surface area contributed by atoms with Crippen molar-refractivity contribution in [3.63, 3.8) is 0 Å². The Balaban J connectivity index is 1.58. The first-order chi connectivity index (χ1) is 9.74. The molecule has 1 heterocycles. The molecule has 1 aromatic heterocycles. The van der Waals surface area contributed by atoms with Gasteiger partial charge in [-0.1, -0.05) is 30.3 Å². The molecule has 0 saturated heterocycles. The van der Waals surface area contributed by atoms with E-state index in [0.717, 1.165) is 25.1 Å². The fraction of sp³-hybridized carbons (Fsp3) is 0.375. The van der Waals surface area contributed by atoms with E-state index >= 15 is 0 Å². The van der Waals surface area contributed by atoms with E-state index in [0.29, 0.717) is 13.0 Å². The quantitative estimate of drug-likeness (QED) is 0.786. The fourth-order valence-electron chi connectivity index (χ4n) is 2.06. The normalized spacial score (nSPS) is 10.4. The van der Waals surface area contributed by atoms with Crippen LogP contribution in [-0.4, -0.2) is 22.2 Å². The number of hydrogen-bond acceptors (Lipinski definition) is 2. The molecule has 106 valence electrons. The van der Waals surface area contributed by atoms with Crippen LogP contribution in [-0.2, 0) is 17.8 Å². The van der Waals surface area contributed by atoms with Crippen LogP contribution in [0.25, 0.3) is 0 Å². The summed E-state index contributed by atoms with van der Waals surface area (Å²) in [7, 11) is 0. The van der Waals surface area contributed by atoms with Gasteiger partial charge in [0.05, 0.1) is 5.69 Å². The summed E-state index contributed by atoms with van der Waals surface area (Å²) in [6, 6.07) is 12.3. The lowest BCUT2D eigenvalue weighted by atomic mass is 10.1. The van der Waals surface area contributed by atoms with Gasteiger partial charge in [0.25, 0.3) is 0 Å². The van der Waals surface area contributed by atoms with Gasteiger partial charge in [-0.15, -0.1) is 0 Å². The minimum atomic E-state index is 0.0891. The molecule has 2 aromatic rings. The number of carbonyl (C=O) groups is 1. The number of carbonyl (C=O) groups excluding carboxylic acids is 1. The van der Waals surface area contributed by atoms with E-state index in [1.807, 2.05) is 37.4 Å². The molecule has 20 heavy (non-hydrogen) atoms. The van der Waals surface area contributed by atoms with Gasteiger partial charge >= 0.3 is 0 Å². The Morgan fingerprint density at radius 3 is 2.75 bits per heavy atom. The molecule has 0 saturated carbocycles. The van der Waals surface area contributed by atoms with Crippen LogP contribution in [0.5, 0.6) is 0 Å². The summed E-state index contributed by atoms with van der Waals surface area (Å²) in [5, 5.41) is 7.21. The summed E-state index contributed by atoms with van der Waals surface area (Å²) in [6.45, 7) is 3.31. The molecule has 0 unspecified atom stereocenters. The van der Waals surface area contributed by atoms with Crippen molar-refractivity contribution in [1.82, 2.24) is 15.1 Å². The van der Waals surface area contributed by atoms with Crippen molar-refractivity contribution in [3.05, 3.63) is 53.9 Å². The first-order valence-corrected chi connectivity index (χ1v) is 7.05. The number of aromatic nitrogens is 2. The van der Waals surface area contributed by atoms with Crippen LogP contribution in [0.15, 0.2) is 42.6 Å². The van der Waals surface area contributed by atoms with Gasteiger partial charge in [-0.3, -0.25) is 9.48 Å². The summed E-state index contributed by atoms with van der Waals surface area (Å²) in [6.07, 6.45) is 4.35. The summed E-state index contributed by atoms with van der Waals surface area (Å²) in [4.78, 5) is 11.7. The fourth-order valence-corrected chi connectivity index (χ4v) is 2.06. The van der Waals surface area contributed by atoms with Crippen molar-refractivity contribution >= 4 is 5.91 Å². The number of benzene rings is 1. The van der Waals surface area contributed by atoms with Gasteiger partial charge < -0.3 is 5.32 Å². The van der Waals surface area contributed by atoms with Crippen molar-refractivity contribution < 1.29 is 4.79 Å². The third kappa shape index (κ3) is 4.88. The largest absolute Gasteiger partial charge is 0.356 e. The van der Waals surface area contributed by atoms with Gasteiger partial charge in [0, 0.05) is 25.7 Å². The van der Waals surface area contributed by atoms with Crippen LogP contribution in [0.2, 0.25) is 0 Å². The van der Waals surface area contributed by atoms with Crippen LogP contribution >= 0.6 is 0 Å². The average molecular weight is 271 g/mol. The Labute approximate surface area is 119 Å². The number of nitrogens with zero attached hydrogens (tertiary/aromatic N) is 2. The van der Waals surface area contributed by atoms with Crippen LogP contribution in [0.1, 0.15) is 24.1 Å². The first-order valence-electron chi connectivity index (χ1n) is 7.05. The van der Waals surface area contributed by atoms with Crippen molar-refractivity contribution in [1.29, 1.82) is 0 Å². The van der Waals surface area contributed by atoms with Crippen molar-refractivity contribution in [2.45, 2.75) is 32.7 Å². The lowest BCUT2D eigenvalue weighted by Crippen LogP contribution is -2.25. The van der Waals surface area contributed by atoms with Crippen LogP contribution in [0.3, 0.4) is 0 Å². The maximum Gasteiger partial charge on any atom is 0.221 e. The second kappa shape index (κ2) is 7.48. The van der Waals surface area contributed by atoms with E-state index in [1.54, 1.807) is 4.68 Å². The third-order valence-electron chi connectivity index (χ3n) is 3.15. The first kappa shape index (κ1) is 14.3. The predicted molar refractivity (Wildman–Crippen MR) is 79.4 cm³/mol. The van der Waals surface area contributed by atoms with Crippen LogP contribution in [0, 0.1) is 6.92 Å². The minimum Gasteiger partial charge on any atom is -0.356 e. The highest BCUT2D eigenvalue weighted by atomic mass is 16.1. The maximum absolute atomic E-state index is 11.7. The van der Waals surface area contributed by atoms with Crippen molar-refractivity contribution in [2.75, 3.05) is 6.54 Å². The van der Waals surface area contributed by atoms with Gasteiger partial charge in [0.1, 0.15) is 0 Å². The highest BCUT2D eigenvalue weighted by Crippen LogP contribution is 2.01. The molecule has 1 aromatic carbocycles. The number of hydrogen-bond donors (Lipinski definition) is 1. The summed E-state index contributed by atoms with van der Waals surface area (Å²) in [5.41, 5.74) is 2.29. The number of amides is 1. The van der Waals surface area contributed by atoms with E-state index in [9.17, 15) is 4.79 Å². The van der Waals surface area contributed by atoms with Gasteiger partial charge in [-0.05, 0) is 31.4 Å². The molecule has 0 spiro atoms. The van der Waals surface area contributed by atoms with Gasteiger partial charge in [0.15, 0.2) is 0 Å². The summed E-state index contributed by atoms with van der Waals surface area (Å²) in [5.74, 6) is 0.0891. The Morgan fingerprint density at radius 2 is 2.05 bits per heavy atom. The topological polar surface area (TPSA) is 46.9 Å². The molecule has 0 atom stereocenters. The lowest BCUT2D eigenvalue weighted by molar-refractivity contribution is -0.121. The van der Waals surface area contributed by atoms with Gasteiger partial charge in [-0.2, -0.15) is 5.10 Å². The molecule has 1 amide bonds. The third-order valence-corrected chi connectivity index (χ3v) is 3.15. The van der Waals surface area contributed by atoms with Crippen molar-refractivity contribution in [2.24, 2.45) is 0 Å². The van der Waals surface area contributed by atoms with Crippen molar-refractivity contribution in [3.8, 4) is 0 Å². The molecule has 4 nitrogen and oxygen atoms in total. The number of rotatable bonds is 7. The number of aryl methyl sites for hydroxylation is 3. The summed E-state index contributed by atoms with van der Waals surface area (Å²) >= 11 is 0. The van der Waals surface area contributed by atoms with Gasteiger partial charge in [-0.25, -0.2) is 0 Å². The molecule has 0 aliphatic rings. The molecule has 1 N–H and O–H groups in total. The molecular weight excluding hydrogens is 250 g/mol. The van der Waals surface area contributed by atoms with E-state index in [1.165, 1.54) is 5.56 Å². The van der Waals surface area contributed by atoms with Gasteiger partial charge in [0.2, 0.25) is 5.91 Å². The Hall–Kier alpha value is -2.10.